The van der Waals surface area contributed by atoms with E-state index in [0.29, 0.717) is 25.5 Å². The van der Waals surface area contributed by atoms with E-state index in [9.17, 15) is 4.79 Å². The van der Waals surface area contributed by atoms with Crippen molar-refractivity contribution in [1.29, 1.82) is 0 Å². The summed E-state index contributed by atoms with van der Waals surface area (Å²) in [5.41, 5.74) is 0.719. The van der Waals surface area contributed by atoms with Gasteiger partial charge in [0.25, 0.3) is 5.91 Å². The molecule has 0 bridgehead atoms. The number of hydrogen-bond donors (Lipinski definition) is 0. The fourth-order valence-corrected chi connectivity index (χ4v) is 2.99. The molecule has 24 heavy (non-hydrogen) atoms. The summed E-state index contributed by atoms with van der Waals surface area (Å²) in [5, 5.41) is 9.00. The summed E-state index contributed by atoms with van der Waals surface area (Å²) >= 11 is 0. The monoisotopic (exact) mass is 326 g/mol. The molecule has 0 radical (unpaired) electrons. The minimum absolute atomic E-state index is 0.123. The Hall–Kier alpha value is -2.67. The molecule has 1 aliphatic heterocycles. The van der Waals surface area contributed by atoms with Crippen molar-refractivity contribution in [3.63, 3.8) is 0 Å². The number of carbonyl (C=O) groups is 1. The first kappa shape index (κ1) is 14.9. The lowest BCUT2D eigenvalue weighted by atomic mass is 10.2. The van der Waals surface area contributed by atoms with E-state index in [1.807, 2.05) is 35.8 Å². The molecule has 1 fully saturated rings. The molecule has 0 N–H and O–H groups in total. The molecule has 0 aliphatic carbocycles. The van der Waals surface area contributed by atoms with E-state index >= 15 is 0 Å². The maximum Gasteiger partial charge on any atom is 0.289 e. The van der Waals surface area contributed by atoms with Gasteiger partial charge in [0.05, 0.1) is 13.2 Å². The van der Waals surface area contributed by atoms with Gasteiger partial charge in [-0.05, 0) is 19.1 Å². The van der Waals surface area contributed by atoms with Crippen LogP contribution in [0.5, 0.6) is 0 Å². The molecule has 124 valence electrons. The standard InChI is InChI=1S/C17H18N4O3/c1-2-20-11-18-19-16(20)15-10-21(7-8-23-15)17(22)14-9-12-5-3-4-6-13(12)24-14/h3-6,9,11,15H,2,7-8,10H2,1H3. The topological polar surface area (TPSA) is 73.4 Å². The lowest BCUT2D eigenvalue weighted by Gasteiger charge is -2.31. The second-order valence-electron chi connectivity index (χ2n) is 5.73. The second kappa shape index (κ2) is 6.09. The second-order valence-corrected chi connectivity index (χ2v) is 5.73. The summed E-state index contributed by atoms with van der Waals surface area (Å²) in [5.74, 6) is 0.982. The molecular formula is C17H18N4O3. The van der Waals surface area contributed by atoms with Crippen LogP contribution in [0, 0.1) is 0 Å². The number of aryl methyl sites for hydroxylation is 1. The van der Waals surface area contributed by atoms with E-state index < -0.39 is 0 Å². The van der Waals surface area contributed by atoms with Crippen LogP contribution in [0.2, 0.25) is 0 Å². The zero-order valence-corrected chi connectivity index (χ0v) is 13.4. The van der Waals surface area contributed by atoms with Crippen molar-refractivity contribution in [3.8, 4) is 0 Å². The summed E-state index contributed by atoms with van der Waals surface area (Å²) in [6, 6.07) is 9.40. The number of ether oxygens (including phenoxy) is 1. The zero-order chi connectivity index (χ0) is 16.5. The molecule has 1 atom stereocenters. The van der Waals surface area contributed by atoms with Crippen LogP contribution in [0.1, 0.15) is 29.4 Å². The van der Waals surface area contributed by atoms with Crippen molar-refractivity contribution in [1.82, 2.24) is 19.7 Å². The summed E-state index contributed by atoms with van der Waals surface area (Å²) < 4.78 is 13.4. The van der Waals surface area contributed by atoms with E-state index in [1.165, 1.54) is 0 Å². The van der Waals surface area contributed by atoms with Gasteiger partial charge in [-0.25, -0.2) is 0 Å². The molecule has 1 aromatic carbocycles. The van der Waals surface area contributed by atoms with Crippen molar-refractivity contribution < 1.29 is 13.9 Å². The van der Waals surface area contributed by atoms with Gasteiger partial charge in [0.15, 0.2) is 11.6 Å². The number of morpholine rings is 1. The van der Waals surface area contributed by atoms with Crippen molar-refractivity contribution in [2.45, 2.75) is 19.6 Å². The Kier molecular flexibility index (Phi) is 3.78. The Labute approximate surface area is 138 Å². The third kappa shape index (κ3) is 2.56. The molecule has 1 amide bonds. The first-order valence-corrected chi connectivity index (χ1v) is 8.03. The lowest BCUT2D eigenvalue weighted by Crippen LogP contribution is -2.42. The maximum absolute atomic E-state index is 12.8. The smallest absolute Gasteiger partial charge is 0.289 e. The number of furan rings is 1. The molecule has 0 spiro atoms. The predicted molar refractivity (Wildman–Crippen MR) is 86.5 cm³/mol. The number of benzene rings is 1. The highest BCUT2D eigenvalue weighted by Crippen LogP contribution is 2.24. The Morgan fingerprint density at radius 2 is 2.25 bits per heavy atom. The average Bonchev–Trinajstić information content (AvgIpc) is 3.27. The summed E-state index contributed by atoms with van der Waals surface area (Å²) in [7, 11) is 0. The highest BCUT2D eigenvalue weighted by molar-refractivity contribution is 5.96. The number of nitrogens with zero attached hydrogens (tertiary/aromatic N) is 4. The molecule has 7 nitrogen and oxygen atoms in total. The van der Waals surface area contributed by atoms with Crippen LogP contribution in [0.3, 0.4) is 0 Å². The van der Waals surface area contributed by atoms with Gasteiger partial charge in [0, 0.05) is 18.5 Å². The third-order valence-electron chi connectivity index (χ3n) is 4.26. The zero-order valence-electron chi connectivity index (χ0n) is 13.4. The van der Waals surface area contributed by atoms with Gasteiger partial charge < -0.3 is 18.6 Å². The Morgan fingerprint density at radius 3 is 3.08 bits per heavy atom. The van der Waals surface area contributed by atoms with Crippen LogP contribution < -0.4 is 0 Å². The minimum Gasteiger partial charge on any atom is -0.451 e. The molecule has 1 aliphatic rings. The summed E-state index contributed by atoms with van der Waals surface area (Å²) in [6.07, 6.45) is 1.41. The van der Waals surface area contributed by atoms with E-state index in [0.717, 1.165) is 23.3 Å². The summed E-state index contributed by atoms with van der Waals surface area (Å²) in [4.78, 5) is 14.5. The van der Waals surface area contributed by atoms with Gasteiger partial charge in [-0.15, -0.1) is 10.2 Å². The molecule has 0 saturated carbocycles. The van der Waals surface area contributed by atoms with Gasteiger partial charge in [-0.1, -0.05) is 18.2 Å². The highest BCUT2D eigenvalue weighted by atomic mass is 16.5. The van der Waals surface area contributed by atoms with Crippen molar-refractivity contribution in [2.75, 3.05) is 19.7 Å². The average molecular weight is 326 g/mol. The van der Waals surface area contributed by atoms with E-state index in [4.69, 9.17) is 9.15 Å². The van der Waals surface area contributed by atoms with Gasteiger partial charge in [0.2, 0.25) is 0 Å². The van der Waals surface area contributed by atoms with Crippen molar-refractivity contribution >= 4 is 16.9 Å². The Balaban J connectivity index is 1.56. The maximum atomic E-state index is 12.8. The van der Waals surface area contributed by atoms with E-state index in [2.05, 4.69) is 10.2 Å². The molecule has 1 unspecified atom stereocenters. The number of hydrogen-bond acceptors (Lipinski definition) is 5. The number of rotatable bonds is 3. The van der Waals surface area contributed by atoms with E-state index in [1.54, 1.807) is 17.3 Å². The molecule has 3 heterocycles. The van der Waals surface area contributed by atoms with Gasteiger partial charge in [-0.3, -0.25) is 4.79 Å². The molecule has 3 aromatic rings. The molecular weight excluding hydrogens is 308 g/mol. The largest absolute Gasteiger partial charge is 0.451 e. The third-order valence-corrected chi connectivity index (χ3v) is 4.26. The molecule has 2 aromatic heterocycles. The molecule has 1 saturated heterocycles. The van der Waals surface area contributed by atoms with Crippen LogP contribution >= 0.6 is 0 Å². The lowest BCUT2D eigenvalue weighted by molar-refractivity contribution is -0.0292. The molecule has 4 rings (SSSR count). The quantitative estimate of drug-likeness (QED) is 0.738. The predicted octanol–water partition coefficient (Wildman–Crippen LogP) is 2.26. The summed E-state index contributed by atoms with van der Waals surface area (Å²) in [6.45, 7) is 4.22. The van der Waals surface area contributed by atoms with Crippen LogP contribution in [0.25, 0.3) is 11.0 Å². The van der Waals surface area contributed by atoms with Crippen LogP contribution in [-0.2, 0) is 11.3 Å². The van der Waals surface area contributed by atoms with Crippen LogP contribution in [0.4, 0.5) is 0 Å². The fourth-order valence-electron chi connectivity index (χ4n) is 2.99. The van der Waals surface area contributed by atoms with Crippen molar-refractivity contribution in [2.24, 2.45) is 0 Å². The normalized spacial score (nSPS) is 18.2. The van der Waals surface area contributed by atoms with E-state index in [-0.39, 0.29) is 12.0 Å². The Bertz CT molecular complexity index is 836. The number of amides is 1. The number of carbonyl (C=O) groups excluding carboxylic acids is 1. The van der Waals surface area contributed by atoms with Crippen molar-refractivity contribution in [3.05, 3.63) is 48.2 Å². The number of para-hydroxylation sites is 1. The minimum atomic E-state index is -0.269. The highest BCUT2D eigenvalue weighted by Gasteiger charge is 2.30. The SMILES string of the molecule is CCn1cnnc1C1CN(C(=O)c2cc3ccccc3o2)CCO1. The van der Waals surface area contributed by atoms with Crippen LogP contribution in [0.15, 0.2) is 41.1 Å². The van der Waals surface area contributed by atoms with Crippen LogP contribution in [-0.4, -0.2) is 45.3 Å². The Morgan fingerprint density at radius 1 is 1.38 bits per heavy atom. The van der Waals surface area contributed by atoms with Gasteiger partial charge in [0.1, 0.15) is 18.0 Å². The first-order valence-electron chi connectivity index (χ1n) is 8.03. The molecule has 7 heteroatoms. The van der Waals surface area contributed by atoms with Gasteiger partial charge in [-0.2, -0.15) is 0 Å². The number of fused-ring (bicyclic) bond motifs is 1. The number of aromatic nitrogens is 3. The first-order chi connectivity index (χ1) is 11.8. The fraction of sp³-hybridized carbons (Fsp3) is 0.353. The van der Waals surface area contributed by atoms with Gasteiger partial charge >= 0.3 is 0 Å².